The number of aryl methyl sites for hydroxylation is 2. The van der Waals surface area contributed by atoms with E-state index in [0.717, 1.165) is 24.0 Å². The predicted molar refractivity (Wildman–Crippen MR) is 65.8 cm³/mol. The van der Waals surface area contributed by atoms with Crippen LogP contribution in [0.25, 0.3) is 0 Å². The highest BCUT2D eigenvalue weighted by Crippen LogP contribution is 2.13. The molecule has 0 N–H and O–H groups in total. The van der Waals surface area contributed by atoms with Gasteiger partial charge in [0.15, 0.2) is 0 Å². The van der Waals surface area contributed by atoms with Crippen LogP contribution in [0, 0.1) is 16.2 Å². The molecule has 85 valence electrons. The first-order chi connectivity index (χ1) is 8.25. The molecule has 2 aromatic rings. The summed E-state index contributed by atoms with van der Waals surface area (Å²) in [7, 11) is 0. The third-order valence-corrected chi connectivity index (χ3v) is 2.60. The summed E-state index contributed by atoms with van der Waals surface area (Å²) in [5.41, 5.74) is 2.40. The maximum absolute atomic E-state index is 10.5. The van der Waals surface area contributed by atoms with Gasteiger partial charge in [-0.1, -0.05) is 36.4 Å². The molecule has 3 heteroatoms. The summed E-state index contributed by atoms with van der Waals surface area (Å²) in [6.45, 7) is 0. The van der Waals surface area contributed by atoms with Crippen molar-refractivity contribution in [3.63, 3.8) is 0 Å². The third kappa shape index (κ3) is 3.14. The van der Waals surface area contributed by atoms with Crippen molar-refractivity contribution < 1.29 is 4.92 Å². The lowest BCUT2D eigenvalue weighted by Crippen LogP contribution is -1.92. The van der Waals surface area contributed by atoms with Crippen LogP contribution < -0.4 is 0 Å². The van der Waals surface area contributed by atoms with Gasteiger partial charge >= 0.3 is 0 Å². The van der Waals surface area contributed by atoms with Crippen molar-refractivity contribution in [1.82, 2.24) is 0 Å². The Hall–Kier alpha value is -2.16. The molecule has 0 saturated heterocycles. The zero-order valence-corrected chi connectivity index (χ0v) is 9.30. The zero-order valence-electron chi connectivity index (χ0n) is 9.30. The fraction of sp³-hybridized carbons (Fsp3) is 0.143. The second-order valence-corrected chi connectivity index (χ2v) is 3.81. The lowest BCUT2D eigenvalue weighted by Gasteiger charge is -2.01. The Morgan fingerprint density at radius 1 is 1.06 bits per heavy atom. The van der Waals surface area contributed by atoms with Crippen LogP contribution in [-0.4, -0.2) is 4.92 Å². The molecule has 2 rings (SSSR count). The molecule has 17 heavy (non-hydrogen) atoms. The number of non-ortho nitro benzene ring substituents is 1. The van der Waals surface area contributed by atoms with Gasteiger partial charge in [0.05, 0.1) is 4.92 Å². The normalized spacial score (nSPS) is 10.1. The van der Waals surface area contributed by atoms with Gasteiger partial charge in [-0.15, -0.1) is 0 Å². The van der Waals surface area contributed by atoms with Gasteiger partial charge in [-0.25, -0.2) is 0 Å². The second-order valence-electron chi connectivity index (χ2n) is 3.81. The molecule has 1 radical (unpaired) electrons. The summed E-state index contributed by atoms with van der Waals surface area (Å²) >= 11 is 0. The molecule has 0 spiro atoms. The number of nitro benzene ring substituents is 1. The van der Waals surface area contributed by atoms with Crippen molar-refractivity contribution in [2.24, 2.45) is 0 Å². The molecule has 0 unspecified atom stereocenters. The molecule has 2 aromatic carbocycles. The van der Waals surface area contributed by atoms with E-state index in [4.69, 9.17) is 0 Å². The molecule has 0 bridgehead atoms. The van der Waals surface area contributed by atoms with Gasteiger partial charge in [-0.05, 0) is 30.0 Å². The van der Waals surface area contributed by atoms with Gasteiger partial charge in [-0.3, -0.25) is 10.1 Å². The first-order valence-corrected chi connectivity index (χ1v) is 5.44. The monoisotopic (exact) mass is 226 g/mol. The van der Waals surface area contributed by atoms with Crippen LogP contribution in [0.3, 0.4) is 0 Å². The molecule has 0 amide bonds. The van der Waals surface area contributed by atoms with Crippen molar-refractivity contribution >= 4 is 5.69 Å². The molecule has 0 aliphatic carbocycles. The Bertz CT molecular complexity index is 491. The number of nitro groups is 1. The van der Waals surface area contributed by atoms with Crippen LogP contribution in [-0.2, 0) is 12.8 Å². The Labute approximate surface area is 99.9 Å². The van der Waals surface area contributed by atoms with E-state index in [0.29, 0.717) is 0 Å². The maximum Gasteiger partial charge on any atom is 0.269 e. The number of hydrogen-bond acceptors (Lipinski definition) is 2. The summed E-state index contributed by atoms with van der Waals surface area (Å²) in [5.74, 6) is 0. The molecule has 3 nitrogen and oxygen atoms in total. The van der Waals surface area contributed by atoms with E-state index in [9.17, 15) is 10.1 Å². The molecule has 0 aliphatic heterocycles. The average Bonchev–Trinajstić information content (AvgIpc) is 2.38. The minimum absolute atomic E-state index is 0.139. The SMILES string of the molecule is O=[N+]([O-])c1ccc(CCc2[c]cccc2)cc1. The van der Waals surface area contributed by atoms with Gasteiger partial charge in [0.2, 0.25) is 0 Å². The third-order valence-electron chi connectivity index (χ3n) is 2.60. The van der Waals surface area contributed by atoms with Gasteiger partial charge in [0.1, 0.15) is 0 Å². The highest BCUT2D eigenvalue weighted by Gasteiger charge is 2.03. The summed E-state index contributed by atoms with van der Waals surface area (Å²) in [4.78, 5) is 10.1. The van der Waals surface area contributed by atoms with Crippen LogP contribution in [0.15, 0.2) is 48.5 Å². The molecule has 0 atom stereocenters. The number of nitrogens with zero attached hydrogens (tertiary/aromatic N) is 1. The van der Waals surface area contributed by atoms with Crippen molar-refractivity contribution in [1.29, 1.82) is 0 Å². The van der Waals surface area contributed by atoms with Gasteiger partial charge in [0, 0.05) is 12.1 Å². The quantitative estimate of drug-likeness (QED) is 0.593. The zero-order chi connectivity index (χ0) is 12.1. The molecule has 0 fully saturated rings. The summed E-state index contributed by atoms with van der Waals surface area (Å²) < 4.78 is 0. The van der Waals surface area contributed by atoms with Gasteiger partial charge in [-0.2, -0.15) is 0 Å². The maximum atomic E-state index is 10.5. The van der Waals surface area contributed by atoms with Crippen LogP contribution in [0.5, 0.6) is 0 Å². The fourth-order valence-corrected chi connectivity index (χ4v) is 1.65. The Morgan fingerprint density at radius 2 is 1.82 bits per heavy atom. The van der Waals surface area contributed by atoms with Crippen LogP contribution in [0.2, 0.25) is 0 Å². The predicted octanol–water partition coefficient (Wildman–Crippen LogP) is 3.18. The molecule has 0 aromatic heterocycles. The number of benzene rings is 2. The van der Waals surface area contributed by atoms with Crippen molar-refractivity contribution in [3.8, 4) is 0 Å². The molecule has 0 aliphatic rings. The largest absolute Gasteiger partial charge is 0.269 e. The molecular weight excluding hydrogens is 214 g/mol. The Balaban J connectivity index is 1.98. The summed E-state index contributed by atoms with van der Waals surface area (Å²) in [6.07, 6.45) is 1.77. The van der Waals surface area contributed by atoms with Crippen molar-refractivity contribution in [2.45, 2.75) is 12.8 Å². The minimum Gasteiger partial charge on any atom is -0.258 e. The minimum atomic E-state index is -0.380. The average molecular weight is 226 g/mol. The topological polar surface area (TPSA) is 43.1 Å². The highest BCUT2D eigenvalue weighted by molar-refractivity contribution is 5.33. The lowest BCUT2D eigenvalue weighted by molar-refractivity contribution is -0.384. The lowest BCUT2D eigenvalue weighted by atomic mass is 10.0. The standard InChI is InChI=1S/C14H12NO2/c16-15(17)14-10-8-13(9-11-14)7-6-12-4-2-1-3-5-12/h1-4,8-11H,6-7H2. The van der Waals surface area contributed by atoms with E-state index >= 15 is 0 Å². The van der Waals surface area contributed by atoms with E-state index in [1.165, 1.54) is 0 Å². The van der Waals surface area contributed by atoms with Crippen LogP contribution >= 0.6 is 0 Å². The van der Waals surface area contributed by atoms with Crippen LogP contribution in [0.1, 0.15) is 11.1 Å². The highest BCUT2D eigenvalue weighted by atomic mass is 16.6. The first kappa shape index (κ1) is 11.3. The Morgan fingerprint density at radius 3 is 2.41 bits per heavy atom. The van der Waals surface area contributed by atoms with E-state index in [-0.39, 0.29) is 10.6 Å². The second kappa shape index (κ2) is 5.25. The van der Waals surface area contributed by atoms with E-state index < -0.39 is 0 Å². The van der Waals surface area contributed by atoms with Crippen LogP contribution in [0.4, 0.5) is 5.69 Å². The molecular formula is C14H12NO2. The van der Waals surface area contributed by atoms with E-state index in [2.05, 4.69) is 6.07 Å². The summed E-state index contributed by atoms with van der Waals surface area (Å²) in [6, 6.07) is 17.7. The summed E-state index contributed by atoms with van der Waals surface area (Å²) in [5, 5.41) is 10.5. The van der Waals surface area contributed by atoms with Crippen molar-refractivity contribution in [2.75, 3.05) is 0 Å². The fourth-order valence-electron chi connectivity index (χ4n) is 1.65. The van der Waals surface area contributed by atoms with Crippen molar-refractivity contribution in [3.05, 3.63) is 75.8 Å². The van der Waals surface area contributed by atoms with Gasteiger partial charge in [0.25, 0.3) is 5.69 Å². The number of rotatable bonds is 4. The van der Waals surface area contributed by atoms with E-state index in [1.54, 1.807) is 24.3 Å². The Kier molecular flexibility index (Phi) is 3.50. The smallest absolute Gasteiger partial charge is 0.258 e. The van der Waals surface area contributed by atoms with E-state index in [1.807, 2.05) is 24.3 Å². The first-order valence-electron chi connectivity index (χ1n) is 5.44. The number of hydrogen-bond donors (Lipinski definition) is 0. The van der Waals surface area contributed by atoms with Gasteiger partial charge < -0.3 is 0 Å². The molecule has 0 heterocycles. The molecule has 0 saturated carbocycles.